The fourth-order valence-corrected chi connectivity index (χ4v) is 1.88. The topological polar surface area (TPSA) is 71.1 Å². The average Bonchev–Trinajstić information content (AvgIpc) is 2.43. The second-order valence-corrected chi connectivity index (χ2v) is 4.38. The number of morpholine rings is 1. The van der Waals surface area contributed by atoms with Gasteiger partial charge >= 0.3 is 6.09 Å². The number of carbonyl (C=O) groups excluding carboxylic acids is 2. The van der Waals surface area contributed by atoms with E-state index in [1.807, 2.05) is 0 Å². The number of nitrogens with zero attached hydrogens (tertiary/aromatic N) is 2. The van der Waals surface area contributed by atoms with Crippen molar-refractivity contribution >= 4 is 12.0 Å². The Morgan fingerprint density at radius 1 is 1.32 bits per heavy atom. The molecule has 0 bridgehead atoms. The summed E-state index contributed by atoms with van der Waals surface area (Å²) < 4.78 is 9.75. The first kappa shape index (κ1) is 15.7. The quantitative estimate of drug-likeness (QED) is 0.708. The highest BCUT2D eigenvalue weighted by molar-refractivity contribution is 5.73. The molecule has 1 heterocycles. The van der Waals surface area contributed by atoms with Crippen molar-refractivity contribution < 1.29 is 19.1 Å². The number of carbonyl (C=O) groups is 2. The van der Waals surface area contributed by atoms with E-state index in [4.69, 9.17) is 4.74 Å². The molecule has 0 spiro atoms. The van der Waals surface area contributed by atoms with Crippen LogP contribution in [-0.4, -0.2) is 81.4 Å². The summed E-state index contributed by atoms with van der Waals surface area (Å²) in [6.45, 7) is 7.26. The normalized spacial score (nSPS) is 15.9. The van der Waals surface area contributed by atoms with E-state index in [1.165, 1.54) is 14.0 Å². The molecule has 2 amide bonds. The maximum atomic E-state index is 11.5. The summed E-state index contributed by atoms with van der Waals surface area (Å²) in [4.78, 5) is 26.4. The van der Waals surface area contributed by atoms with Crippen LogP contribution in [0, 0.1) is 0 Å². The van der Waals surface area contributed by atoms with Crippen LogP contribution in [0.15, 0.2) is 0 Å². The molecule has 0 radical (unpaired) electrons. The molecule has 1 aliphatic rings. The highest BCUT2D eigenvalue weighted by atomic mass is 16.5. The highest BCUT2D eigenvalue weighted by Gasteiger charge is 2.14. The highest BCUT2D eigenvalue weighted by Crippen LogP contribution is 1.98. The second kappa shape index (κ2) is 8.71. The van der Waals surface area contributed by atoms with Crippen molar-refractivity contribution in [3.8, 4) is 0 Å². The zero-order valence-electron chi connectivity index (χ0n) is 11.7. The first-order valence-corrected chi connectivity index (χ1v) is 6.51. The lowest BCUT2D eigenvalue weighted by Gasteiger charge is -2.29. The Bertz CT molecular complexity index is 293. The lowest BCUT2D eigenvalue weighted by atomic mass is 10.3. The molecule has 1 aliphatic heterocycles. The molecule has 19 heavy (non-hydrogen) atoms. The monoisotopic (exact) mass is 273 g/mol. The van der Waals surface area contributed by atoms with Crippen molar-refractivity contribution in [2.75, 3.05) is 59.6 Å². The van der Waals surface area contributed by atoms with Gasteiger partial charge in [-0.1, -0.05) is 0 Å². The van der Waals surface area contributed by atoms with Crippen LogP contribution >= 0.6 is 0 Å². The third-order valence-corrected chi connectivity index (χ3v) is 3.07. The van der Waals surface area contributed by atoms with Crippen LogP contribution in [0.4, 0.5) is 4.79 Å². The number of nitrogens with one attached hydrogen (secondary N) is 1. The number of methoxy groups -OCH3 is 1. The van der Waals surface area contributed by atoms with Gasteiger partial charge in [0.1, 0.15) is 0 Å². The van der Waals surface area contributed by atoms with Gasteiger partial charge in [-0.2, -0.15) is 0 Å². The number of hydrogen-bond donors (Lipinski definition) is 1. The zero-order valence-corrected chi connectivity index (χ0v) is 11.7. The van der Waals surface area contributed by atoms with E-state index in [-0.39, 0.29) is 5.91 Å². The van der Waals surface area contributed by atoms with Gasteiger partial charge in [0.05, 0.1) is 20.3 Å². The van der Waals surface area contributed by atoms with Crippen LogP contribution in [0.5, 0.6) is 0 Å². The summed E-state index contributed by atoms with van der Waals surface area (Å²) in [5.41, 5.74) is 0. The SMILES string of the molecule is COC(=O)NCCN(CCN1CCOCC1)C(C)=O. The molecule has 0 aromatic rings. The van der Waals surface area contributed by atoms with Gasteiger partial charge in [-0.05, 0) is 0 Å². The molecule has 0 aliphatic carbocycles. The Labute approximate surface area is 113 Å². The summed E-state index contributed by atoms with van der Waals surface area (Å²) in [6, 6.07) is 0. The minimum absolute atomic E-state index is 0.0138. The first-order chi connectivity index (χ1) is 9.13. The minimum atomic E-state index is -0.475. The predicted molar refractivity (Wildman–Crippen MR) is 69.9 cm³/mol. The van der Waals surface area contributed by atoms with Gasteiger partial charge in [0, 0.05) is 46.2 Å². The molecule has 0 aromatic heterocycles. The zero-order chi connectivity index (χ0) is 14.1. The predicted octanol–water partition coefficient (Wildman–Crippen LogP) is -0.477. The molecular weight excluding hydrogens is 250 g/mol. The molecule has 0 saturated carbocycles. The minimum Gasteiger partial charge on any atom is -0.453 e. The average molecular weight is 273 g/mol. The van der Waals surface area contributed by atoms with Crippen LogP contribution in [0.3, 0.4) is 0 Å². The summed E-state index contributed by atoms with van der Waals surface area (Å²) in [6.07, 6.45) is -0.475. The summed E-state index contributed by atoms with van der Waals surface area (Å²) in [5.74, 6) is 0.0138. The van der Waals surface area contributed by atoms with E-state index in [1.54, 1.807) is 4.90 Å². The van der Waals surface area contributed by atoms with E-state index >= 15 is 0 Å². The molecule has 1 saturated heterocycles. The Balaban J connectivity index is 2.23. The summed E-state index contributed by atoms with van der Waals surface area (Å²) in [5, 5.41) is 2.57. The van der Waals surface area contributed by atoms with Crippen molar-refractivity contribution in [2.24, 2.45) is 0 Å². The van der Waals surface area contributed by atoms with Crippen molar-refractivity contribution in [1.29, 1.82) is 0 Å². The van der Waals surface area contributed by atoms with Crippen LogP contribution < -0.4 is 5.32 Å². The number of rotatable bonds is 6. The van der Waals surface area contributed by atoms with E-state index < -0.39 is 6.09 Å². The lowest BCUT2D eigenvalue weighted by molar-refractivity contribution is -0.129. The van der Waals surface area contributed by atoms with E-state index in [9.17, 15) is 9.59 Å². The van der Waals surface area contributed by atoms with Gasteiger partial charge in [-0.15, -0.1) is 0 Å². The molecule has 1 rings (SSSR count). The fourth-order valence-electron chi connectivity index (χ4n) is 1.88. The number of amides is 2. The second-order valence-electron chi connectivity index (χ2n) is 4.38. The van der Waals surface area contributed by atoms with Crippen molar-refractivity contribution in [2.45, 2.75) is 6.92 Å². The Kier molecular flexibility index (Phi) is 7.20. The van der Waals surface area contributed by atoms with Crippen LogP contribution in [0.2, 0.25) is 0 Å². The van der Waals surface area contributed by atoms with Crippen molar-refractivity contribution in [1.82, 2.24) is 15.1 Å². The van der Waals surface area contributed by atoms with E-state index in [0.29, 0.717) is 19.6 Å². The van der Waals surface area contributed by atoms with Gasteiger partial charge in [0.2, 0.25) is 5.91 Å². The number of ether oxygens (including phenoxy) is 2. The van der Waals surface area contributed by atoms with Gasteiger partial charge in [0.15, 0.2) is 0 Å². The number of hydrogen-bond acceptors (Lipinski definition) is 5. The maximum absolute atomic E-state index is 11.5. The summed E-state index contributed by atoms with van der Waals surface area (Å²) in [7, 11) is 1.32. The number of alkyl carbamates (subject to hydrolysis) is 1. The van der Waals surface area contributed by atoms with Gasteiger partial charge in [-0.3, -0.25) is 9.69 Å². The van der Waals surface area contributed by atoms with Crippen LogP contribution in [0.1, 0.15) is 6.92 Å². The smallest absolute Gasteiger partial charge is 0.406 e. The van der Waals surface area contributed by atoms with Crippen LogP contribution in [0.25, 0.3) is 0 Å². The molecule has 7 heteroatoms. The van der Waals surface area contributed by atoms with Crippen molar-refractivity contribution in [3.63, 3.8) is 0 Å². The summed E-state index contributed by atoms with van der Waals surface area (Å²) >= 11 is 0. The maximum Gasteiger partial charge on any atom is 0.406 e. The largest absolute Gasteiger partial charge is 0.453 e. The van der Waals surface area contributed by atoms with Gasteiger partial charge in [0.25, 0.3) is 0 Å². The third kappa shape index (κ3) is 6.40. The molecule has 0 atom stereocenters. The molecule has 110 valence electrons. The van der Waals surface area contributed by atoms with E-state index in [2.05, 4.69) is 15.0 Å². The molecular formula is C12H23N3O4. The van der Waals surface area contributed by atoms with Gasteiger partial charge in [-0.25, -0.2) is 4.79 Å². The third-order valence-electron chi connectivity index (χ3n) is 3.07. The van der Waals surface area contributed by atoms with Crippen molar-refractivity contribution in [3.05, 3.63) is 0 Å². The molecule has 7 nitrogen and oxygen atoms in total. The Morgan fingerprint density at radius 3 is 2.58 bits per heavy atom. The molecule has 0 unspecified atom stereocenters. The standard InChI is InChI=1S/C12H23N3O4/c1-11(16)15(4-3-13-12(17)18-2)6-5-14-7-9-19-10-8-14/h3-10H2,1-2H3,(H,13,17). The molecule has 0 aromatic carbocycles. The van der Waals surface area contributed by atoms with Gasteiger partial charge < -0.3 is 19.7 Å². The Morgan fingerprint density at radius 2 is 2.00 bits per heavy atom. The van der Waals surface area contributed by atoms with E-state index in [0.717, 1.165) is 32.8 Å². The molecule has 1 N–H and O–H groups in total. The molecule has 1 fully saturated rings. The first-order valence-electron chi connectivity index (χ1n) is 6.51. The van der Waals surface area contributed by atoms with Crippen LogP contribution in [-0.2, 0) is 14.3 Å². The fraction of sp³-hybridized carbons (Fsp3) is 0.833. The Hall–Kier alpha value is -1.34. The lowest BCUT2D eigenvalue weighted by Crippen LogP contribution is -2.44.